The Morgan fingerprint density at radius 1 is 1.30 bits per heavy atom. The van der Waals surface area contributed by atoms with E-state index in [-0.39, 0.29) is 18.3 Å². The number of piperidine rings is 1. The van der Waals surface area contributed by atoms with Gasteiger partial charge in [-0.25, -0.2) is 0 Å². The second kappa shape index (κ2) is 8.02. The number of ether oxygens (including phenoxy) is 1. The minimum Gasteiger partial charge on any atom is -0.496 e. The minimum absolute atomic E-state index is 0. The number of nitrogens with one attached hydrogen (secondary N) is 2. The van der Waals surface area contributed by atoms with E-state index in [9.17, 15) is 4.79 Å². The number of hydrogen-bond acceptors (Lipinski definition) is 3. The van der Waals surface area contributed by atoms with Crippen molar-refractivity contribution < 1.29 is 9.53 Å². The first-order chi connectivity index (χ1) is 10.6. The van der Waals surface area contributed by atoms with Crippen molar-refractivity contribution in [3.05, 3.63) is 29.3 Å². The van der Waals surface area contributed by atoms with Gasteiger partial charge in [0.2, 0.25) is 5.91 Å². The first-order valence-electron chi connectivity index (χ1n) is 8.30. The van der Waals surface area contributed by atoms with Crippen LogP contribution in [0, 0.1) is 12.8 Å². The molecule has 2 unspecified atom stereocenters. The van der Waals surface area contributed by atoms with E-state index in [4.69, 9.17) is 4.74 Å². The van der Waals surface area contributed by atoms with Crippen molar-refractivity contribution in [2.75, 3.05) is 7.11 Å². The topological polar surface area (TPSA) is 50.4 Å². The fraction of sp³-hybridized carbons (Fsp3) is 0.611. The van der Waals surface area contributed by atoms with Crippen LogP contribution in [0.4, 0.5) is 0 Å². The Hall–Kier alpha value is -1.26. The number of fused-ring (bicyclic) bond motifs is 2. The first-order valence-corrected chi connectivity index (χ1v) is 8.30. The second-order valence-electron chi connectivity index (χ2n) is 6.76. The molecule has 0 radical (unpaired) electrons. The van der Waals surface area contributed by atoms with Gasteiger partial charge in [0.1, 0.15) is 5.75 Å². The van der Waals surface area contributed by atoms with Crippen LogP contribution in [0.25, 0.3) is 0 Å². The number of methoxy groups -OCH3 is 1. The van der Waals surface area contributed by atoms with Crippen molar-refractivity contribution in [1.29, 1.82) is 0 Å². The van der Waals surface area contributed by atoms with E-state index in [0.29, 0.717) is 31.0 Å². The Balaban J connectivity index is 0.00000192. The van der Waals surface area contributed by atoms with Crippen LogP contribution < -0.4 is 15.4 Å². The van der Waals surface area contributed by atoms with E-state index in [0.717, 1.165) is 29.7 Å². The number of amides is 1. The summed E-state index contributed by atoms with van der Waals surface area (Å²) in [6.07, 6.45) is 5.54. The van der Waals surface area contributed by atoms with Crippen LogP contribution in [0.2, 0.25) is 0 Å². The molecule has 2 aliphatic heterocycles. The first kappa shape index (κ1) is 18.1. The fourth-order valence-electron chi connectivity index (χ4n) is 3.85. The van der Waals surface area contributed by atoms with Crippen LogP contribution in [0.5, 0.6) is 5.75 Å². The number of hydrogen-bond donors (Lipinski definition) is 2. The highest BCUT2D eigenvalue weighted by atomic mass is 35.5. The van der Waals surface area contributed by atoms with E-state index in [1.165, 1.54) is 12.8 Å². The smallest absolute Gasteiger partial charge is 0.220 e. The molecule has 4 nitrogen and oxygen atoms in total. The Kier molecular flexibility index (Phi) is 6.31. The molecular weight excluding hydrogens is 312 g/mol. The molecule has 2 N–H and O–H groups in total. The van der Waals surface area contributed by atoms with Gasteiger partial charge in [-0.1, -0.05) is 12.1 Å². The summed E-state index contributed by atoms with van der Waals surface area (Å²) in [7, 11) is 1.68. The summed E-state index contributed by atoms with van der Waals surface area (Å²) in [4.78, 5) is 12.2. The molecule has 0 spiro atoms. The monoisotopic (exact) mass is 338 g/mol. The Labute approximate surface area is 144 Å². The van der Waals surface area contributed by atoms with Gasteiger partial charge in [0.05, 0.1) is 7.11 Å². The van der Waals surface area contributed by atoms with Crippen LogP contribution in [0.3, 0.4) is 0 Å². The lowest BCUT2D eigenvalue weighted by Crippen LogP contribution is -2.39. The third-order valence-corrected chi connectivity index (χ3v) is 5.01. The summed E-state index contributed by atoms with van der Waals surface area (Å²) >= 11 is 0. The number of carbonyl (C=O) groups is 1. The normalized spacial score (nSPS) is 25.6. The van der Waals surface area contributed by atoms with Gasteiger partial charge in [0.15, 0.2) is 0 Å². The standard InChI is InChI=1S/C18H26N2O2.ClH/c1-12-3-4-13(9-17(12)22-2)11-19-18(21)10-14-7-15-5-6-16(8-14)20-15;/h3-4,9,14-16,20H,5-8,10-11H2,1-2H3,(H,19,21);1H. The zero-order chi connectivity index (χ0) is 15.5. The SMILES string of the molecule is COc1cc(CNC(=O)CC2CC3CCC(C2)N3)ccc1C.Cl. The maximum absolute atomic E-state index is 12.2. The largest absolute Gasteiger partial charge is 0.496 e. The highest BCUT2D eigenvalue weighted by Gasteiger charge is 2.34. The van der Waals surface area contributed by atoms with E-state index in [2.05, 4.69) is 10.6 Å². The number of carbonyl (C=O) groups excluding carboxylic acids is 1. The Morgan fingerprint density at radius 2 is 2.00 bits per heavy atom. The molecule has 2 aliphatic rings. The number of rotatable bonds is 5. The Morgan fingerprint density at radius 3 is 2.65 bits per heavy atom. The summed E-state index contributed by atoms with van der Waals surface area (Å²) in [5.41, 5.74) is 2.20. The summed E-state index contributed by atoms with van der Waals surface area (Å²) in [6, 6.07) is 7.38. The molecular formula is C18H27ClN2O2. The molecule has 1 aromatic carbocycles. The van der Waals surface area contributed by atoms with Gasteiger partial charge >= 0.3 is 0 Å². The van der Waals surface area contributed by atoms with Crippen molar-refractivity contribution in [2.45, 2.75) is 57.7 Å². The predicted octanol–water partition coefficient (Wildman–Crippen LogP) is 2.96. The molecule has 0 aromatic heterocycles. The summed E-state index contributed by atoms with van der Waals surface area (Å²) in [5, 5.41) is 6.68. The van der Waals surface area contributed by atoms with Crippen molar-refractivity contribution >= 4 is 18.3 Å². The average Bonchev–Trinajstić information content (AvgIpc) is 2.85. The van der Waals surface area contributed by atoms with Gasteiger partial charge in [-0.3, -0.25) is 4.79 Å². The van der Waals surface area contributed by atoms with Gasteiger partial charge < -0.3 is 15.4 Å². The molecule has 2 bridgehead atoms. The molecule has 2 fully saturated rings. The quantitative estimate of drug-likeness (QED) is 0.867. The van der Waals surface area contributed by atoms with E-state index in [1.54, 1.807) is 7.11 Å². The zero-order valence-electron chi connectivity index (χ0n) is 13.9. The molecule has 2 heterocycles. The second-order valence-corrected chi connectivity index (χ2v) is 6.76. The minimum atomic E-state index is 0. The molecule has 2 saturated heterocycles. The number of halogens is 1. The van der Waals surface area contributed by atoms with Gasteiger partial charge in [0, 0.05) is 25.0 Å². The van der Waals surface area contributed by atoms with Crippen LogP contribution in [0.15, 0.2) is 18.2 Å². The molecule has 2 atom stereocenters. The maximum atomic E-state index is 12.2. The summed E-state index contributed by atoms with van der Waals surface area (Å²) in [6.45, 7) is 2.60. The van der Waals surface area contributed by atoms with E-state index < -0.39 is 0 Å². The molecule has 0 aliphatic carbocycles. The molecule has 0 saturated carbocycles. The Bertz CT molecular complexity index is 538. The lowest BCUT2D eigenvalue weighted by Gasteiger charge is -2.28. The predicted molar refractivity (Wildman–Crippen MR) is 94.1 cm³/mol. The lowest BCUT2D eigenvalue weighted by atomic mass is 9.89. The van der Waals surface area contributed by atoms with Crippen LogP contribution in [0.1, 0.15) is 43.2 Å². The molecule has 3 rings (SSSR count). The van der Waals surface area contributed by atoms with Crippen molar-refractivity contribution in [2.24, 2.45) is 5.92 Å². The van der Waals surface area contributed by atoms with Crippen molar-refractivity contribution in [3.63, 3.8) is 0 Å². The number of benzene rings is 1. The average molecular weight is 339 g/mol. The molecule has 1 aromatic rings. The summed E-state index contributed by atoms with van der Waals surface area (Å²) in [5.74, 6) is 1.60. The van der Waals surface area contributed by atoms with Gasteiger partial charge in [0.25, 0.3) is 0 Å². The van der Waals surface area contributed by atoms with Crippen LogP contribution in [-0.2, 0) is 11.3 Å². The van der Waals surface area contributed by atoms with Gasteiger partial charge in [-0.2, -0.15) is 0 Å². The molecule has 1 amide bonds. The van der Waals surface area contributed by atoms with E-state index >= 15 is 0 Å². The van der Waals surface area contributed by atoms with Crippen molar-refractivity contribution in [3.8, 4) is 5.75 Å². The van der Waals surface area contributed by atoms with Crippen LogP contribution in [-0.4, -0.2) is 25.1 Å². The number of aryl methyl sites for hydroxylation is 1. The van der Waals surface area contributed by atoms with Crippen molar-refractivity contribution in [1.82, 2.24) is 10.6 Å². The van der Waals surface area contributed by atoms with E-state index in [1.807, 2.05) is 25.1 Å². The zero-order valence-corrected chi connectivity index (χ0v) is 14.7. The van der Waals surface area contributed by atoms with Gasteiger partial charge in [-0.05, 0) is 55.7 Å². The molecule has 23 heavy (non-hydrogen) atoms. The fourth-order valence-corrected chi connectivity index (χ4v) is 3.85. The molecule has 5 heteroatoms. The molecule has 128 valence electrons. The van der Waals surface area contributed by atoms with Gasteiger partial charge in [-0.15, -0.1) is 12.4 Å². The highest BCUT2D eigenvalue weighted by Crippen LogP contribution is 2.32. The summed E-state index contributed by atoms with van der Waals surface area (Å²) < 4.78 is 5.32. The maximum Gasteiger partial charge on any atom is 0.220 e. The third kappa shape index (κ3) is 4.61. The lowest BCUT2D eigenvalue weighted by molar-refractivity contribution is -0.122. The highest BCUT2D eigenvalue weighted by molar-refractivity contribution is 5.85. The third-order valence-electron chi connectivity index (χ3n) is 5.01. The van der Waals surface area contributed by atoms with Crippen LogP contribution >= 0.6 is 12.4 Å².